The summed E-state index contributed by atoms with van der Waals surface area (Å²) in [4.78, 5) is 17.2. The minimum absolute atomic E-state index is 0.361. The number of thioether (sulfide) groups is 2. The number of hydrogen-bond donors (Lipinski definition) is 1. The fourth-order valence-electron chi connectivity index (χ4n) is 2.45. The van der Waals surface area contributed by atoms with Crippen LogP contribution in [-0.4, -0.2) is 33.3 Å². The second-order valence-electron chi connectivity index (χ2n) is 4.58. The van der Waals surface area contributed by atoms with Gasteiger partial charge < -0.3 is 5.11 Å². The summed E-state index contributed by atoms with van der Waals surface area (Å²) in [5.41, 5.74) is 0.866. The van der Waals surface area contributed by atoms with Gasteiger partial charge >= 0.3 is 5.97 Å². The van der Waals surface area contributed by atoms with Gasteiger partial charge in [-0.15, -0.1) is 23.1 Å². The zero-order valence-electron chi connectivity index (χ0n) is 9.92. The van der Waals surface area contributed by atoms with Gasteiger partial charge in [0, 0.05) is 22.1 Å². The lowest BCUT2D eigenvalue weighted by atomic mass is 9.91. The van der Waals surface area contributed by atoms with E-state index in [0.717, 1.165) is 35.7 Å². The zero-order chi connectivity index (χ0) is 12.5. The fourth-order valence-corrected chi connectivity index (χ4v) is 6.60. The molecule has 1 aromatic heterocycles. The lowest BCUT2D eigenvalue weighted by molar-refractivity contribution is -0.139. The SMILES string of the molecule is O=C(O)C1CCCc2sc(C3CSCCS3)nc21. The van der Waals surface area contributed by atoms with Gasteiger partial charge in [0.05, 0.1) is 16.9 Å². The number of hydrogen-bond acceptors (Lipinski definition) is 5. The topological polar surface area (TPSA) is 50.2 Å². The number of aryl methyl sites for hydroxylation is 1. The second kappa shape index (κ2) is 5.43. The molecule has 0 radical (unpaired) electrons. The largest absolute Gasteiger partial charge is 0.481 e. The molecule has 2 atom stereocenters. The third-order valence-corrected chi connectivity index (χ3v) is 7.52. The Kier molecular flexibility index (Phi) is 3.86. The normalized spacial score (nSPS) is 27.8. The molecule has 0 bridgehead atoms. The fraction of sp³-hybridized carbons (Fsp3) is 0.667. The molecule has 3 nitrogen and oxygen atoms in total. The van der Waals surface area contributed by atoms with E-state index in [1.807, 2.05) is 23.5 Å². The summed E-state index contributed by atoms with van der Waals surface area (Å²) < 4.78 is 0. The molecule has 1 saturated heterocycles. The molecule has 2 unspecified atom stereocenters. The van der Waals surface area contributed by atoms with Crippen LogP contribution in [0.4, 0.5) is 0 Å². The number of fused-ring (bicyclic) bond motifs is 1. The molecule has 98 valence electrons. The van der Waals surface area contributed by atoms with Gasteiger partial charge in [-0.2, -0.15) is 11.8 Å². The van der Waals surface area contributed by atoms with Crippen molar-refractivity contribution in [2.75, 3.05) is 17.3 Å². The van der Waals surface area contributed by atoms with Crippen LogP contribution < -0.4 is 0 Å². The third-order valence-electron chi connectivity index (χ3n) is 3.36. The quantitative estimate of drug-likeness (QED) is 0.909. The number of carbonyl (C=O) groups is 1. The highest BCUT2D eigenvalue weighted by molar-refractivity contribution is 8.06. The van der Waals surface area contributed by atoms with Crippen LogP contribution in [0.15, 0.2) is 0 Å². The Bertz CT molecular complexity index is 454. The van der Waals surface area contributed by atoms with Crippen LogP contribution in [0, 0.1) is 0 Å². The number of carboxylic acids is 1. The highest BCUT2D eigenvalue weighted by Crippen LogP contribution is 2.42. The summed E-state index contributed by atoms with van der Waals surface area (Å²) in [5.74, 6) is 2.46. The minimum atomic E-state index is -0.710. The van der Waals surface area contributed by atoms with Gasteiger partial charge in [0.2, 0.25) is 0 Å². The summed E-state index contributed by atoms with van der Waals surface area (Å²) in [6.07, 6.45) is 2.75. The van der Waals surface area contributed by atoms with Crippen molar-refractivity contribution >= 4 is 40.8 Å². The van der Waals surface area contributed by atoms with E-state index in [0.29, 0.717) is 5.25 Å². The first-order chi connectivity index (χ1) is 8.75. The predicted octanol–water partition coefficient (Wildman–Crippen LogP) is 3.17. The Morgan fingerprint density at radius 3 is 3.00 bits per heavy atom. The predicted molar refractivity (Wildman–Crippen MR) is 78.0 cm³/mol. The highest BCUT2D eigenvalue weighted by Gasteiger charge is 2.31. The van der Waals surface area contributed by atoms with Gasteiger partial charge in [-0.3, -0.25) is 4.79 Å². The van der Waals surface area contributed by atoms with Gasteiger partial charge in [0.1, 0.15) is 5.01 Å². The maximum absolute atomic E-state index is 11.3. The van der Waals surface area contributed by atoms with Crippen LogP contribution in [0.3, 0.4) is 0 Å². The highest BCUT2D eigenvalue weighted by atomic mass is 32.2. The van der Waals surface area contributed by atoms with E-state index in [9.17, 15) is 9.90 Å². The number of rotatable bonds is 2. The lowest BCUT2D eigenvalue weighted by Crippen LogP contribution is -2.17. The van der Waals surface area contributed by atoms with Crippen LogP contribution in [0.5, 0.6) is 0 Å². The van der Waals surface area contributed by atoms with Crippen molar-refractivity contribution in [1.82, 2.24) is 4.98 Å². The maximum Gasteiger partial charge on any atom is 0.312 e. The number of nitrogens with zero attached hydrogens (tertiary/aromatic N) is 1. The van der Waals surface area contributed by atoms with E-state index in [4.69, 9.17) is 0 Å². The molecular formula is C12H15NO2S3. The molecule has 1 fully saturated rings. The van der Waals surface area contributed by atoms with Crippen molar-refractivity contribution in [3.8, 4) is 0 Å². The van der Waals surface area contributed by atoms with E-state index in [1.54, 1.807) is 11.3 Å². The van der Waals surface area contributed by atoms with E-state index >= 15 is 0 Å². The van der Waals surface area contributed by atoms with Gasteiger partial charge in [-0.1, -0.05) is 0 Å². The average molecular weight is 301 g/mol. The molecule has 6 heteroatoms. The van der Waals surface area contributed by atoms with Crippen LogP contribution in [0.1, 0.15) is 39.6 Å². The number of aliphatic carboxylic acids is 1. The molecular weight excluding hydrogens is 286 g/mol. The first kappa shape index (κ1) is 12.8. The maximum atomic E-state index is 11.3. The third kappa shape index (κ3) is 2.42. The second-order valence-corrected chi connectivity index (χ2v) is 8.15. The van der Waals surface area contributed by atoms with Crippen molar-refractivity contribution in [2.45, 2.75) is 30.4 Å². The number of aromatic nitrogens is 1. The monoisotopic (exact) mass is 301 g/mol. The molecule has 0 aromatic carbocycles. The van der Waals surface area contributed by atoms with Crippen LogP contribution in [0.25, 0.3) is 0 Å². The Labute approximate surface area is 119 Å². The molecule has 1 aliphatic heterocycles. The van der Waals surface area contributed by atoms with E-state index in [-0.39, 0.29) is 5.92 Å². The molecule has 0 saturated carbocycles. The first-order valence-corrected chi connectivity index (χ1v) is 9.19. The summed E-state index contributed by atoms with van der Waals surface area (Å²) >= 11 is 5.70. The summed E-state index contributed by atoms with van der Waals surface area (Å²) in [6.45, 7) is 0. The minimum Gasteiger partial charge on any atom is -0.481 e. The summed E-state index contributed by atoms with van der Waals surface area (Å²) in [5, 5.41) is 10.9. The molecule has 1 aromatic rings. The molecule has 2 aliphatic rings. The number of carboxylic acid groups (broad SMARTS) is 1. The first-order valence-electron chi connectivity index (χ1n) is 6.17. The summed E-state index contributed by atoms with van der Waals surface area (Å²) in [6, 6.07) is 0. The smallest absolute Gasteiger partial charge is 0.312 e. The molecule has 1 aliphatic carbocycles. The molecule has 18 heavy (non-hydrogen) atoms. The Morgan fingerprint density at radius 1 is 1.39 bits per heavy atom. The summed E-state index contributed by atoms with van der Waals surface area (Å²) in [7, 11) is 0. The van der Waals surface area contributed by atoms with Crippen LogP contribution in [0.2, 0.25) is 0 Å². The van der Waals surface area contributed by atoms with Gasteiger partial charge in [-0.25, -0.2) is 4.98 Å². The van der Waals surface area contributed by atoms with Crippen LogP contribution in [-0.2, 0) is 11.2 Å². The van der Waals surface area contributed by atoms with E-state index in [2.05, 4.69) is 4.98 Å². The van der Waals surface area contributed by atoms with Crippen molar-refractivity contribution in [1.29, 1.82) is 0 Å². The zero-order valence-corrected chi connectivity index (χ0v) is 12.4. The Morgan fingerprint density at radius 2 is 2.28 bits per heavy atom. The molecule has 0 spiro atoms. The molecule has 3 rings (SSSR count). The van der Waals surface area contributed by atoms with Crippen molar-refractivity contribution in [3.05, 3.63) is 15.6 Å². The lowest BCUT2D eigenvalue weighted by Gasteiger charge is -2.18. The van der Waals surface area contributed by atoms with Gasteiger partial charge in [0.15, 0.2) is 0 Å². The Hall–Kier alpha value is -0.200. The van der Waals surface area contributed by atoms with E-state index < -0.39 is 5.97 Å². The standard InChI is InChI=1S/C12H15NO2S3/c14-12(15)7-2-1-3-8-10(7)13-11(18-8)9-6-16-4-5-17-9/h7,9H,1-6H2,(H,14,15). The average Bonchev–Trinajstić information content (AvgIpc) is 2.83. The van der Waals surface area contributed by atoms with Crippen LogP contribution >= 0.6 is 34.9 Å². The van der Waals surface area contributed by atoms with E-state index in [1.165, 1.54) is 16.4 Å². The van der Waals surface area contributed by atoms with Gasteiger partial charge in [-0.05, 0) is 19.3 Å². The van der Waals surface area contributed by atoms with Crippen molar-refractivity contribution < 1.29 is 9.90 Å². The van der Waals surface area contributed by atoms with Crippen molar-refractivity contribution in [3.63, 3.8) is 0 Å². The Balaban J connectivity index is 1.88. The molecule has 0 amide bonds. The van der Waals surface area contributed by atoms with Crippen molar-refractivity contribution in [2.24, 2.45) is 0 Å². The molecule has 2 heterocycles. The number of thiazole rings is 1. The molecule has 1 N–H and O–H groups in total. The van der Waals surface area contributed by atoms with Gasteiger partial charge in [0.25, 0.3) is 0 Å².